The second kappa shape index (κ2) is 10.8. The highest BCUT2D eigenvalue weighted by Gasteiger charge is 2.16. The third kappa shape index (κ3) is 5.44. The van der Waals surface area contributed by atoms with Crippen molar-refractivity contribution >= 4 is 29.3 Å². The quantitative estimate of drug-likeness (QED) is 0.287. The van der Waals surface area contributed by atoms with Crippen LogP contribution in [0.1, 0.15) is 36.2 Å². The summed E-state index contributed by atoms with van der Waals surface area (Å²) in [4.78, 5) is 26.6. The number of carbonyl (C=O) groups excluding carboxylic acids is 1. The minimum atomic E-state index is -0.669. The van der Waals surface area contributed by atoms with E-state index in [0.717, 1.165) is 31.6 Å². The molecule has 2 rings (SSSR count). The molecule has 0 saturated carbocycles. The van der Waals surface area contributed by atoms with Crippen LogP contribution in [0.4, 0.5) is 0 Å². The van der Waals surface area contributed by atoms with Crippen LogP contribution in [0.5, 0.6) is 0 Å². The van der Waals surface area contributed by atoms with E-state index in [4.69, 9.17) is 9.15 Å². The van der Waals surface area contributed by atoms with Crippen LogP contribution < -0.4 is 5.63 Å². The molecule has 142 valence electrons. The van der Waals surface area contributed by atoms with Crippen molar-refractivity contribution in [1.29, 1.82) is 0 Å². The lowest BCUT2D eigenvalue weighted by Crippen LogP contribution is -2.25. The summed E-state index contributed by atoms with van der Waals surface area (Å²) in [5, 5.41) is 0.703. The van der Waals surface area contributed by atoms with Gasteiger partial charge in [0.2, 0.25) is 0 Å². The average molecular weight is 380 g/mol. The lowest BCUT2D eigenvalue weighted by atomic mass is 10.1. The van der Waals surface area contributed by atoms with E-state index in [1.54, 1.807) is 12.1 Å². The molecule has 0 saturated heterocycles. The number of para-hydroxylation sites is 1. The van der Waals surface area contributed by atoms with Gasteiger partial charge in [-0.1, -0.05) is 38.1 Å². The summed E-state index contributed by atoms with van der Waals surface area (Å²) in [7, 11) is 0. The molecule has 1 aromatic heterocycles. The van der Waals surface area contributed by atoms with Crippen LogP contribution in [0.25, 0.3) is 11.0 Å². The van der Waals surface area contributed by atoms with Crippen LogP contribution >= 0.6 is 12.4 Å². The maximum Gasteiger partial charge on any atom is 0.351 e. The molecule has 6 heteroatoms. The topological polar surface area (TPSA) is 59.8 Å². The molecule has 0 aliphatic rings. The fourth-order valence-corrected chi connectivity index (χ4v) is 2.73. The Morgan fingerprint density at radius 3 is 2.69 bits per heavy atom. The summed E-state index contributed by atoms with van der Waals surface area (Å²) in [6, 6.07) is 7.08. The number of fused-ring (bicyclic) bond motifs is 1. The van der Waals surface area contributed by atoms with Crippen LogP contribution in [0.15, 0.2) is 46.1 Å². The second-order valence-corrected chi connectivity index (χ2v) is 5.79. The standard InChI is InChI=1S/C20H25NO4.ClH/c1-4-9-15-10-7-11-16-14-17(20(23)25-18(15)16)19(22)24-13-8-12-21(5-2)6-3;/h4,7,10-11,14H,1,5-6,8-9,12-13H2,2-3H3;1H. The summed E-state index contributed by atoms with van der Waals surface area (Å²) < 4.78 is 10.6. The van der Waals surface area contributed by atoms with Gasteiger partial charge in [-0.15, -0.1) is 19.0 Å². The number of benzene rings is 1. The van der Waals surface area contributed by atoms with Crippen LogP contribution in [0.3, 0.4) is 0 Å². The van der Waals surface area contributed by atoms with Gasteiger partial charge in [0.25, 0.3) is 0 Å². The van der Waals surface area contributed by atoms with Crippen molar-refractivity contribution in [2.45, 2.75) is 26.7 Å². The number of esters is 1. The second-order valence-electron chi connectivity index (χ2n) is 5.79. The summed E-state index contributed by atoms with van der Waals surface area (Å²) in [6.45, 7) is 11.0. The van der Waals surface area contributed by atoms with Gasteiger partial charge in [0.1, 0.15) is 11.1 Å². The first-order valence-corrected chi connectivity index (χ1v) is 8.66. The van der Waals surface area contributed by atoms with Gasteiger partial charge in [0, 0.05) is 11.9 Å². The van der Waals surface area contributed by atoms with E-state index in [1.165, 1.54) is 0 Å². The van der Waals surface area contributed by atoms with Gasteiger partial charge in [-0.2, -0.15) is 0 Å². The number of allylic oxidation sites excluding steroid dienone is 1. The van der Waals surface area contributed by atoms with Gasteiger partial charge in [0.05, 0.1) is 6.61 Å². The Kier molecular flexibility index (Phi) is 9.10. The molecule has 0 atom stereocenters. The Hall–Kier alpha value is -2.11. The zero-order valence-electron chi connectivity index (χ0n) is 15.3. The van der Waals surface area contributed by atoms with Crippen LogP contribution in [0, 0.1) is 0 Å². The van der Waals surface area contributed by atoms with E-state index in [1.807, 2.05) is 18.2 Å². The normalized spacial score (nSPS) is 10.6. The highest BCUT2D eigenvalue weighted by molar-refractivity contribution is 5.93. The fraction of sp³-hybridized carbons (Fsp3) is 0.400. The van der Waals surface area contributed by atoms with E-state index in [2.05, 4.69) is 25.3 Å². The number of hydrogen-bond acceptors (Lipinski definition) is 5. The molecule has 0 bridgehead atoms. The first-order valence-electron chi connectivity index (χ1n) is 8.66. The Balaban J connectivity index is 0.00000338. The molecular weight excluding hydrogens is 354 g/mol. The van der Waals surface area contributed by atoms with Gasteiger partial charge in [-0.25, -0.2) is 9.59 Å². The number of ether oxygens (including phenoxy) is 1. The average Bonchev–Trinajstić information content (AvgIpc) is 2.62. The number of carbonyl (C=O) groups is 1. The van der Waals surface area contributed by atoms with Crippen molar-refractivity contribution in [3.8, 4) is 0 Å². The molecule has 0 radical (unpaired) electrons. The number of nitrogens with zero attached hydrogens (tertiary/aromatic N) is 1. The Morgan fingerprint density at radius 1 is 1.31 bits per heavy atom. The molecule has 1 aromatic carbocycles. The van der Waals surface area contributed by atoms with E-state index in [-0.39, 0.29) is 24.6 Å². The molecule has 2 aromatic rings. The van der Waals surface area contributed by atoms with Crippen molar-refractivity contribution in [2.75, 3.05) is 26.2 Å². The largest absolute Gasteiger partial charge is 0.462 e. The lowest BCUT2D eigenvalue weighted by molar-refractivity contribution is 0.0485. The van der Waals surface area contributed by atoms with Crippen molar-refractivity contribution in [2.24, 2.45) is 0 Å². The van der Waals surface area contributed by atoms with Crippen molar-refractivity contribution in [1.82, 2.24) is 4.90 Å². The van der Waals surface area contributed by atoms with Gasteiger partial charge < -0.3 is 14.1 Å². The van der Waals surface area contributed by atoms with Crippen molar-refractivity contribution in [3.05, 3.63) is 58.5 Å². The van der Waals surface area contributed by atoms with Gasteiger partial charge in [0.15, 0.2) is 0 Å². The van der Waals surface area contributed by atoms with E-state index in [0.29, 0.717) is 17.4 Å². The Morgan fingerprint density at radius 2 is 2.04 bits per heavy atom. The maximum absolute atomic E-state index is 12.2. The molecule has 0 N–H and O–H groups in total. The highest BCUT2D eigenvalue weighted by Crippen LogP contribution is 2.19. The Bertz CT molecular complexity index is 796. The van der Waals surface area contributed by atoms with Crippen LogP contribution in [0.2, 0.25) is 0 Å². The predicted octanol–water partition coefficient (Wildman–Crippen LogP) is 3.83. The van der Waals surface area contributed by atoms with Gasteiger partial charge in [-0.3, -0.25) is 0 Å². The minimum absolute atomic E-state index is 0. The third-order valence-electron chi connectivity index (χ3n) is 4.17. The molecular formula is C20H26ClNO4. The summed E-state index contributed by atoms with van der Waals surface area (Å²) in [6.07, 6.45) is 3.07. The first kappa shape index (κ1) is 21.9. The number of hydrogen-bond donors (Lipinski definition) is 0. The van der Waals surface area contributed by atoms with Crippen LogP contribution in [-0.2, 0) is 11.2 Å². The molecule has 0 aliphatic carbocycles. The first-order chi connectivity index (χ1) is 12.1. The fourth-order valence-electron chi connectivity index (χ4n) is 2.73. The van der Waals surface area contributed by atoms with Gasteiger partial charge >= 0.3 is 11.6 Å². The molecule has 0 unspecified atom stereocenters. The van der Waals surface area contributed by atoms with Crippen molar-refractivity contribution in [3.63, 3.8) is 0 Å². The number of halogens is 1. The lowest BCUT2D eigenvalue weighted by Gasteiger charge is -2.17. The SMILES string of the molecule is C=CCc1cccc2cc(C(=O)OCCCN(CC)CC)c(=O)oc12.Cl. The summed E-state index contributed by atoms with van der Waals surface area (Å²) in [5.74, 6) is -0.635. The molecule has 0 amide bonds. The molecule has 26 heavy (non-hydrogen) atoms. The molecule has 0 aliphatic heterocycles. The van der Waals surface area contributed by atoms with E-state index < -0.39 is 11.6 Å². The smallest absolute Gasteiger partial charge is 0.351 e. The minimum Gasteiger partial charge on any atom is -0.462 e. The molecule has 0 spiro atoms. The van der Waals surface area contributed by atoms with E-state index in [9.17, 15) is 9.59 Å². The van der Waals surface area contributed by atoms with Gasteiger partial charge in [-0.05, 0) is 37.6 Å². The predicted molar refractivity (Wildman–Crippen MR) is 106 cm³/mol. The van der Waals surface area contributed by atoms with E-state index >= 15 is 0 Å². The summed E-state index contributed by atoms with van der Waals surface area (Å²) in [5.41, 5.74) is 0.623. The molecule has 1 heterocycles. The summed E-state index contributed by atoms with van der Waals surface area (Å²) >= 11 is 0. The molecule has 5 nitrogen and oxygen atoms in total. The van der Waals surface area contributed by atoms with Crippen LogP contribution in [-0.4, -0.2) is 37.1 Å². The zero-order chi connectivity index (χ0) is 18.2. The monoisotopic (exact) mass is 379 g/mol. The Labute approximate surface area is 160 Å². The maximum atomic E-state index is 12.2. The number of rotatable bonds is 9. The molecule has 0 fully saturated rings. The zero-order valence-corrected chi connectivity index (χ0v) is 16.1. The highest BCUT2D eigenvalue weighted by atomic mass is 35.5. The van der Waals surface area contributed by atoms with Crippen molar-refractivity contribution < 1.29 is 13.9 Å². The third-order valence-corrected chi connectivity index (χ3v) is 4.17.